The molecule has 0 spiro atoms. The Morgan fingerprint density at radius 2 is 2.08 bits per heavy atom. The molecule has 0 saturated heterocycles. The van der Waals surface area contributed by atoms with E-state index in [2.05, 4.69) is 25.1 Å². The molecule has 3 heteroatoms. The first-order valence-corrected chi connectivity index (χ1v) is 4.78. The van der Waals surface area contributed by atoms with Gasteiger partial charge in [-0.15, -0.1) is 0 Å². The van der Waals surface area contributed by atoms with E-state index in [-0.39, 0.29) is 6.04 Å². The smallest absolute Gasteiger partial charge is 0.0820 e. The van der Waals surface area contributed by atoms with Gasteiger partial charge in [0.15, 0.2) is 0 Å². The van der Waals surface area contributed by atoms with E-state index in [0.717, 1.165) is 12.1 Å². The highest BCUT2D eigenvalue weighted by Gasteiger charge is 2.12. The van der Waals surface area contributed by atoms with E-state index in [1.54, 1.807) is 0 Å². The van der Waals surface area contributed by atoms with Crippen molar-refractivity contribution in [2.45, 2.75) is 33.2 Å². The third-order valence-electron chi connectivity index (χ3n) is 2.00. The van der Waals surface area contributed by atoms with Gasteiger partial charge in [0, 0.05) is 19.3 Å². The maximum atomic E-state index is 5.83. The number of hydrogen-bond acceptors (Lipinski definition) is 2. The van der Waals surface area contributed by atoms with Crippen molar-refractivity contribution in [2.24, 2.45) is 18.7 Å². The summed E-state index contributed by atoms with van der Waals surface area (Å²) < 4.78 is 1.84. The highest BCUT2D eigenvalue weighted by atomic mass is 15.3. The molecule has 1 aromatic heterocycles. The second-order valence-corrected chi connectivity index (χ2v) is 4.10. The fourth-order valence-electron chi connectivity index (χ4n) is 1.54. The number of nitrogens with zero attached hydrogens (tertiary/aromatic N) is 2. The number of aryl methyl sites for hydroxylation is 1. The van der Waals surface area contributed by atoms with Crippen LogP contribution in [-0.4, -0.2) is 9.78 Å². The van der Waals surface area contributed by atoms with Crippen LogP contribution >= 0.6 is 0 Å². The van der Waals surface area contributed by atoms with Crippen LogP contribution in [0.5, 0.6) is 0 Å². The minimum atomic E-state index is 0.0370. The molecule has 0 aliphatic heterocycles. The van der Waals surface area contributed by atoms with Crippen molar-refractivity contribution in [3.05, 3.63) is 17.5 Å². The molecule has 0 bridgehead atoms. The number of aromatic nitrogens is 2. The van der Waals surface area contributed by atoms with Crippen molar-refractivity contribution in [3.8, 4) is 0 Å². The number of rotatable bonds is 3. The Bertz CT molecular complexity index is 274. The average Bonchev–Trinajstić information content (AvgIpc) is 2.29. The van der Waals surface area contributed by atoms with E-state index in [0.29, 0.717) is 5.92 Å². The molecule has 0 fully saturated rings. The van der Waals surface area contributed by atoms with Gasteiger partial charge in [-0.05, 0) is 24.8 Å². The van der Waals surface area contributed by atoms with Gasteiger partial charge in [0.2, 0.25) is 0 Å². The van der Waals surface area contributed by atoms with Crippen molar-refractivity contribution in [2.75, 3.05) is 0 Å². The first-order chi connectivity index (χ1) is 6.00. The molecule has 2 N–H and O–H groups in total. The molecule has 0 radical (unpaired) electrons. The Balaban J connectivity index is 2.91. The molecular weight excluding hydrogens is 162 g/mol. The molecular formula is C10H19N3. The predicted molar refractivity (Wildman–Crippen MR) is 54.4 cm³/mol. The molecule has 1 rings (SSSR count). The van der Waals surface area contributed by atoms with Gasteiger partial charge >= 0.3 is 0 Å². The second-order valence-electron chi connectivity index (χ2n) is 4.10. The van der Waals surface area contributed by atoms with Gasteiger partial charge in [-0.2, -0.15) is 5.10 Å². The Labute approximate surface area is 79.9 Å². The second kappa shape index (κ2) is 3.92. The maximum absolute atomic E-state index is 5.83. The van der Waals surface area contributed by atoms with E-state index in [4.69, 9.17) is 5.73 Å². The Morgan fingerprint density at radius 3 is 2.54 bits per heavy atom. The molecule has 0 saturated carbocycles. The Morgan fingerprint density at radius 1 is 1.46 bits per heavy atom. The van der Waals surface area contributed by atoms with Crippen molar-refractivity contribution in [1.29, 1.82) is 0 Å². The van der Waals surface area contributed by atoms with Crippen molar-refractivity contribution >= 4 is 0 Å². The van der Waals surface area contributed by atoms with Crippen molar-refractivity contribution in [3.63, 3.8) is 0 Å². The summed E-state index contributed by atoms with van der Waals surface area (Å²) in [5.74, 6) is 0.654. The van der Waals surface area contributed by atoms with Gasteiger partial charge in [0.25, 0.3) is 0 Å². The first-order valence-electron chi connectivity index (χ1n) is 4.78. The van der Waals surface area contributed by atoms with Crippen LogP contribution in [0.1, 0.15) is 38.1 Å². The molecule has 74 valence electrons. The van der Waals surface area contributed by atoms with E-state index in [9.17, 15) is 0 Å². The maximum Gasteiger partial charge on any atom is 0.0820 e. The quantitative estimate of drug-likeness (QED) is 0.770. The molecule has 1 atom stereocenters. The van der Waals surface area contributed by atoms with Crippen LogP contribution in [0, 0.1) is 5.92 Å². The monoisotopic (exact) mass is 181 g/mol. The van der Waals surface area contributed by atoms with Crippen LogP contribution in [0.2, 0.25) is 0 Å². The summed E-state index contributed by atoms with van der Waals surface area (Å²) in [5, 5.41) is 4.35. The first kappa shape index (κ1) is 10.3. The molecule has 0 amide bonds. The van der Waals surface area contributed by atoms with Crippen LogP contribution in [0.4, 0.5) is 0 Å². The zero-order valence-corrected chi connectivity index (χ0v) is 8.91. The Hall–Kier alpha value is -0.830. The van der Waals surface area contributed by atoms with Crippen molar-refractivity contribution in [1.82, 2.24) is 9.78 Å². The summed E-state index contributed by atoms with van der Waals surface area (Å²) in [6, 6.07) is 0.0370. The number of hydrogen-bond donors (Lipinski definition) is 1. The average molecular weight is 181 g/mol. The highest BCUT2D eigenvalue weighted by molar-refractivity contribution is 5.20. The largest absolute Gasteiger partial charge is 0.323 e. The zero-order valence-electron chi connectivity index (χ0n) is 8.91. The SMILES string of the molecule is CC(C)Cc1cn(C)nc1C(C)N. The van der Waals surface area contributed by atoms with Gasteiger partial charge in [-0.25, -0.2) is 0 Å². The fraction of sp³-hybridized carbons (Fsp3) is 0.700. The minimum absolute atomic E-state index is 0.0370. The lowest BCUT2D eigenvalue weighted by Gasteiger charge is -2.06. The third kappa shape index (κ3) is 2.56. The molecule has 0 aromatic carbocycles. The van der Waals surface area contributed by atoms with Gasteiger partial charge in [0.05, 0.1) is 5.69 Å². The lowest BCUT2D eigenvalue weighted by Crippen LogP contribution is -2.09. The molecule has 0 aliphatic carbocycles. The summed E-state index contributed by atoms with van der Waals surface area (Å²) in [6.45, 7) is 6.39. The zero-order chi connectivity index (χ0) is 10.0. The molecule has 1 unspecified atom stereocenters. The van der Waals surface area contributed by atoms with E-state index in [1.807, 2.05) is 18.7 Å². The molecule has 1 aromatic rings. The summed E-state index contributed by atoms with van der Waals surface area (Å²) in [5.41, 5.74) is 8.15. The lowest BCUT2D eigenvalue weighted by molar-refractivity contribution is 0.635. The highest BCUT2D eigenvalue weighted by Crippen LogP contribution is 2.16. The van der Waals surface area contributed by atoms with E-state index < -0.39 is 0 Å². The Kier molecular flexibility index (Phi) is 3.09. The van der Waals surface area contributed by atoms with Gasteiger partial charge in [-0.3, -0.25) is 4.68 Å². The van der Waals surface area contributed by atoms with Crippen LogP contribution in [-0.2, 0) is 13.5 Å². The molecule has 3 nitrogen and oxygen atoms in total. The van der Waals surface area contributed by atoms with Crippen molar-refractivity contribution < 1.29 is 0 Å². The normalized spacial score (nSPS) is 13.7. The summed E-state index contributed by atoms with van der Waals surface area (Å²) >= 11 is 0. The molecule has 13 heavy (non-hydrogen) atoms. The van der Waals surface area contributed by atoms with Gasteiger partial charge in [-0.1, -0.05) is 13.8 Å². The molecule has 0 aliphatic rings. The summed E-state index contributed by atoms with van der Waals surface area (Å²) in [6.07, 6.45) is 3.13. The van der Waals surface area contributed by atoms with Gasteiger partial charge < -0.3 is 5.73 Å². The minimum Gasteiger partial charge on any atom is -0.323 e. The lowest BCUT2D eigenvalue weighted by atomic mass is 10.0. The standard InChI is InChI=1S/C10H19N3/c1-7(2)5-9-6-13(4)12-10(9)8(3)11/h6-8H,5,11H2,1-4H3. The summed E-state index contributed by atoms with van der Waals surface area (Å²) in [4.78, 5) is 0. The third-order valence-corrected chi connectivity index (χ3v) is 2.00. The molecule has 1 heterocycles. The number of nitrogens with two attached hydrogens (primary N) is 1. The van der Waals surface area contributed by atoms with Crippen LogP contribution in [0.15, 0.2) is 6.20 Å². The van der Waals surface area contributed by atoms with Crippen LogP contribution in [0.3, 0.4) is 0 Å². The van der Waals surface area contributed by atoms with Crippen LogP contribution < -0.4 is 5.73 Å². The van der Waals surface area contributed by atoms with E-state index >= 15 is 0 Å². The summed E-state index contributed by atoms with van der Waals surface area (Å²) in [7, 11) is 1.94. The fourth-order valence-corrected chi connectivity index (χ4v) is 1.54. The van der Waals surface area contributed by atoms with Gasteiger partial charge in [0.1, 0.15) is 0 Å². The van der Waals surface area contributed by atoms with Crippen LogP contribution in [0.25, 0.3) is 0 Å². The topological polar surface area (TPSA) is 43.8 Å². The van der Waals surface area contributed by atoms with E-state index in [1.165, 1.54) is 5.56 Å². The predicted octanol–water partition coefficient (Wildman–Crippen LogP) is 1.64.